The fourth-order valence-electron chi connectivity index (χ4n) is 7.37. The SMILES string of the molecule is O=C(NC1=NC=NC2CN(Cc3cccc(OC(F)(F)F)c3)CC=C12)C12CC3CC(CC(C3)C1)C2. The molecule has 4 saturated carbocycles. The van der Waals surface area contributed by atoms with E-state index in [0.717, 1.165) is 30.4 Å². The highest BCUT2D eigenvalue weighted by Crippen LogP contribution is 2.60. The number of nitrogens with zero attached hydrogens (tertiary/aromatic N) is 3. The van der Waals surface area contributed by atoms with E-state index in [0.29, 0.717) is 43.2 Å². The van der Waals surface area contributed by atoms with Crippen molar-refractivity contribution < 1.29 is 22.7 Å². The molecule has 6 aliphatic rings. The highest BCUT2D eigenvalue weighted by Gasteiger charge is 2.54. The van der Waals surface area contributed by atoms with Gasteiger partial charge in [-0.05, 0) is 74.0 Å². The van der Waals surface area contributed by atoms with E-state index in [9.17, 15) is 18.0 Å². The van der Waals surface area contributed by atoms with Crippen molar-refractivity contribution in [2.24, 2.45) is 33.2 Å². The zero-order valence-electron chi connectivity index (χ0n) is 19.4. The molecule has 0 saturated heterocycles. The summed E-state index contributed by atoms with van der Waals surface area (Å²) in [6, 6.07) is 5.89. The van der Waals surface area contributed by atoms with Crippen molar-refractivity contribution in [1.82, 2.24) is 10.2 Å². The van der Waals surface area contributed by atoms with Crippen molar-refractivity contribution in [1.29, 1.82) is 0 Å². The molecule has 0 radical (unpaired) electrons. The van der Waals surface area contributed by atoms with Crippen molar-refractivity contribution in [2.75, 3.05) is 13.1 Å². The molecule has 1 atom stereocenters. The number of rotatable bonds is 4. The topological polar surface area (TPSA) is 66.3 Å². The molecule has 6 nitrogen and oxygen atoms in total. The molecule has 186 valence electrons. The molecule has 2 aliphatic heterocycles. The van der Waals surface area contributed by atoms with Crippen LogP contribution in [0.1, 0.15) is 44.1 Å². The maximum absolute atomic E-state index is 13.5. The van der Waals surface area contributed by atoms with Gasteiger partial charge in [0.15, 0.2) is 0 Å². The lowest BCUT2D eigenvalue weighted by Crippen LogP contribution is -2.55. The van der Waals surface area contributed by atoms with Gasteiger partial charge in [-0.1, -0.05) is 18.2 Å². The van der Waals surface area contributed by atoms with Gasteiger partial charge in [0.05, 0.1) is 11.5 Å². The van der Waals surface area contributed by atoms with Crippen LogP contribution in [0.5, 0.6) is 5.75 Å². The van der Waals surface area contributed by atoms with Crippen LogP contribution >= 0.6 is 0 Å². The van der Waals surface area contributed by atoms with E-state index < -0.39 is 6.36 Å². The van der Waals surface area contributed by atoms with Gasteiger partial charge in [0.2, 0.25) is 5.91 Å². The van der Waals surface area contributed by atoms with Crippen LogP contribution in [-0.2, 0) is 11.3 Å². The number of alkyl halides is 3. The van der Waals surface area contributed by atoms with Crippen LogP contribution in [0.4, 0.5) is 13.2 Å². The number of carbonyl (C=O) groups is 1. The highest BCUT2D eigenvalue weighted by atomic mass is 19.4. The summed E-state index contributed by atoms with van der Waals surface area (Å²) in [5, 5.41) is 3.18. The van der Waals surface area contributed by atoms with Crippen LogP contribution in [0, 0.1) is 23.2 Å². The summed E-state index contributed by atoms with van der Waals surface area (Å²) in [4.78, 5) is 24.6. The number of hydrogen-bond acceptors (Lipinski definition) is 5. The molecule has 9 heteroatoms. The highest BCUT2D eigenvalue weighted by molar-refractivity contribution is 6.13. The van der Waals surface area contributed by atoms with Crippen molar-refractivity contribution in [3.05, 3.63) is 41.5 Å². The van der Waals surface area contributed by atoms with E-state index in [1.165, 1.54) is 37.7 Å². The average Bonchev–Trinajstić information content (AvgIpc) is 2.77. The monoisotopic (exact) mass is 486 g/mol. The Bertz CT molecular complexity index is 1070. The zero-order chi connectivity index (χ0) is 24.2. The Labute approximate surface area is 202 Å². The summed E-state index contributed by atoms with van der Waals surface area (Å²) in [5.41, 5.74) is 1.41. The summed E-state index contributed by atoms with van der Waals surface area (Å²) in [6.45, 7) is 1.66. The summed E-state index contributed by atoms with van der Waals surface area (Å²) >= 11 is 0. The molecule has 4 aliphatic carbocycles. The first-order valence-electron chi connectivity index (χ1n) is 12.4. The number of ether oxygens (including phenoxy) is 1. The van der Waals surface area contributed by atoms with E-state index in [2.05, 4.69) is 24.9 Å². The van der Waals surface area contributed by atoms with Crippen LogP contribution in [0.3, 0.4) is 0 Å². The molecule has 1 amide bonds. The van der Waals surface area contributed by atoms with Gasteiger partial charge < -0.3 is 10.1 Å². The Balaban J connectivity index is 1.12. The number of amides is 1. The number of nitrogens with one attached hydrogen (secondary N) is 1. The quantitative estimate of drug-likeness (QED) is 0.683. The number of aliphatic imine (C=N–C) groups is 2. The molecule has 4 fully saturated rings. The van der Waals surface area contributed by atoms with Gasteiger partial charge in [0, 0.05) is 25.2 Å². The van der Waals surface area contributed by atoms with Gasteiger partial charge >= 0.3 is 6.36 Å². The van der Waals surface area contributed by atoms with Crippen LogP contribution in [0.2, 0.25) is 0 Å². The molecule has 1 unspecified atom stereocenters. The second-order valence-electron chi connectivity index (χ2n) is 11.0. The van der Waals surface area contributed by atoms with E-state index in [1.807, 2.05) is 6.08 Å². The lowest BCUT2D eigenvalue weighted by molar-refractivity contribution is -0.274. The Hall–Kier alpha value is -2.68. The van der Waals surface area contributed by atoms with Crippen LogP contribution in [0.15, 0.2) is 45.9 Å². The summed E-state index contributed by atoms with van der Waals surface area (Å²) < 4.78 is 41.7. The molecule has 2 heterocycles. The first-order chi connectivity index (χ1) is 16.7. The van der Waals surface area contributed by atoms with Gasteiger partial charge in [-0.2, -0.15) is 0 Å². The smallest absolute Gasteiger partial charge is 0.406 e. The number of fused-ring (bicyclic) bond motifs is 1. The van der Waals surface area contributed by atoms with Gasteiger partial charge in [0.1, 0.15) is 17.9 Å². The van der Waals surface area contributed by atoms with Crippen molar-refractivity contribution >= 4 is 18.1 Å². The summed E-state index contributed by atoms with van der Waals surface area (Å²) in [7, 11) is 0. The normalized spacial score (nSPS) is 33.7. The first-order valence-corrected chi connectivity index (χ1v) is 12.4. The zero-order valence-corrected chi connectivity index (χ0v) is 19.4. The minimum absolute atomic E-state index is 0.120. The number of benzene rings is 1. The lowest BCUT2D eigenvalue weighted by Gasteiger charge is -2.55. The minimum Gasteiger partial charge on any atom is -0.406 e. The Morgan fingerprint density at radius 3 is 2.54 bits per heavy atom. The summed E-state index contributed by atoms with van der Waals surface area (Å²) in [5.74, 6) is 2.58. The molecule has 4 bridgehead atoms. The predicted molar refractivity (Wildman–Crippen MR) is 125 cm³/mol. The number of amidine groups is 1. The van der Waals surface area contributed by atoms with Gasteiger partial charge in [0.25, 0.3) is 0 Å². The largest absolute Gasteiger partial charge is 0.573 e. The molecule has 0 aromatic heterocycles. The van der Waals surface area contributed by atoms with Gasteiger partial charge in [-0.3, -0.25) is 14.7 Å². The second-order valence-corrected chi connectivity index (χ2v) is 11.0. The van der Waals surface area contributed by atoms with E-state index in [-0.39, 0.29) is 23.1 Å². The van der Waals surface area contributed by atoms with E-state index in [1.54, 1.807) is 12.1 Å². The Morgan fingerprint density at radius 2 is 1.86 bits per heavy atom. The molecule has 1 N–H and O–H groups in total. The predicted octanol–water partition coefficient (Wildman–Crippen LogP) is 4.47. The number of carbonyl (C=O) groups excluding carboxylic acids is 1. The fraction of sp³-hybridized carbons (Fsp3) is 0.577. The maximum atomic E-state index is 13.5. The lowest BCUT2D eigenvalue weighted by atomic mass is 9.49. The molecule has 0 spiro atoms. The van der Waals surface area contributed by atoms with E-state index >= 15 is 0 Å². The van der Waals surface area contributed by atoms with Crippen LogP contribution in [-0.4, -0.2) is 48.5 Å². The molecule has 1 aromatic carbocycles. The number of halogens is 3. The maximum Gasteiger partial charge on any atom is 0.573 e. The molecule has 35 heavy (non-hydrogen) atoms. The third kappa shape index (κ3) is 4.62. The van der Waals surface area contributed by atoms with E-state index in [4.69, 9.17) is 0 Å². The molecular weight excluding hydrogens is 457 g/mol. The van der Waals surface area contributed by atoms with Crippen molar-refractivity contribution in [3.8, 4) is 5.75 Å². The average molecular weight is 487 g/mol. The summed E-state index contributed by atoms with van der Waals surface area (Å²) in [6.07, 6.45) is 5.68. The third-order valence-corrected chi connectivity index (χ3v) is 8.36. The van der Waals surface area contributed by atoms with Crippen LogP contribution < -0.4 is 10.1 Å². The Kier molecular flexibility index (Phi) is 5.51. The first kappa shape index (κ1) is 22.8. The Morgan fingerprint density at radius 1 is 1.14 bits per heavy atom. The van der Waals surface area contributed by atoms with Crippen LogP contribution in [0.25, 0.3) is 0 Å². The second kappa shape index (κ2) is 8.47. The number of hydrogen-bond donors (Lipinski definition) is 1. The molecule has 7 rings (SSSR count). The van der Waals surface area contributed by atoms with Crippen molar-refractivity contribution in [2.45, 2.75) is 57.5 Å². The standard InChI is InChI=1S/C26H29F3N4O2/c27-26(28,29)35-20-3-1-2-16(9-20)13-33-5-4-21-22(14-33)30-15-31-23(21)32-24(34)25-10-17-6-18(11-25)8-19(7-17)12-25/h1-4,9,15,17-19,22H,5-8,10-14H2,(H,30,31,32,34). The van der Waals surface area contributed by atoms with Crippen molar-refractivity contribution in [3.63, 3.8) is 0 Å². The fourth-order valence-corrected chi connectivity index (χ4v) is 7.37. The molecule has 1 aromatic rings. The molecular formula is C26H29F3N4O2. The van der Waals surface area contributed by atoms with Gasteiger partial charge in [-0.15, -0.1) is 13.2 Å². The minimum atomic E-state index is -4.71. The third-order valence-electron chi connectivity index (χ3n) is 8.36. The van der Waals surface area contributed by atoms with Gasteiger partial charge in [-0.25, -0.2) is 4.99 Å².